The summed E-state index contributed by atoms with van der Waals surface area (Å²) in [4.78, 5) is 23.8. The number of alkyl halides is 2. The van der Waals surface area contributed by atoms with Crippen LogP contribution in [-0.4, -0.2) is 41.6 Å². The molecule has 0 aliphatic heterocycles. The maximum absolute atomic E-state index is 12.1. The fourth-order valence-electron chi connectivity index (χ4n) is 1.90. The topological polar surface area (TPSA) is 75.6 Å². The maximum atomic E-state index is 12.1. The number of carboxylic acids is 1. The van der Waals surface area contributed by atoms with E-state index in [1.54, 1.807) is 24.3 Å². The zero-order valence-electron chi connectivity index (χ0n) is 12.9. The Bertz CT molecular complexity index is 719. The van der Waals surface area contributed by atoms with Crippen LogP contribution in [0.4, 0.5) is 8.78 Å². The fraction of sp³-hybridized carbons (Fsp3) is 0.250. The lowest BCUT2D eigenvalue weighted by atomic mass is 10.2. The molecule has 5 nitrogen and oxygen atoms in total. The van der Waals surface area contributed by atoms with Crippen LogP contribution < -0.4 is 10.1 Å². The van der Waals surface area contributed by atoms with Crippen molar-refractivity contribution in [2.45, 2.75) is 6.61 Å². The molecule has 1 aromatic heterocycles. The van der Waals surface area contributed by atoms with Gasteiger partial charge in [-0.1, -0.05) is 0 Å². The predicted molar refractivity (Wildman–Crippen MR) is 93.7 cm³/mol. The molecule has 134 valence electrons. The van der Waals surface area contributed by atoms with Crippen LogP contribution in [0.15, 0.2) is 36.4 Å². The number of aliphatic carboxylic acids is 1. The Morgan fingerprint density at radius 2 is 1.92 bits per heavy atom. The molecule has 0 aliphatic carbocycles. The molecule has 0 fully saturated rings. The predicted octanol–water partition coefficient (Wildman–Crippen LogP) is 3.56. The van der Waals surface area contributed by atoms with Crippen molar-refractivity contribution >= 4 is 35.0 Å². The van der Waals surface area contributed by atoms with Crippen LogP contribution in [0.1, 0.15) is 9.67 Å². The van der Waals surface area contributed by atoms with E-state index < -0.39 is 12.6 Å². The Hall–Kier alpha value is -2.13. The number of rotatable bonds is 9. The molecule has 0 bridgehead atoms. The van der Waals surface area contributed by atoms with Crippen LogP contribution in [0.3, 0.4) is 0 Å². The van der Waals surface area contributed by atoms with Gasteiger partial charge in [0.25, 0.3) is 5.91 Å². The first-order valence-electron chi connectivity index (χ1n) is 7.18. The maximum Gasteiger partial charge on any atom is 0.387 e. The molecule has 1 aromatic carbocycles. The minimum Gasteiger partial charge on any atom is -0.481 e. The van der Waals surface area contributed by atoms with Gasteiger partial charge >= 0.3 is 12.6 Å². The third kappa shape index (κ3) is 6.35. The van der Waals surface area contributed by atoms with Crippen molar-refractivity contribution in [2.75, 3.05) is 18.1 Å². The van der Waals surface area contributed by atoms with Crippen LogP contribution in [0.25, 0.3) is 10.4 Å². The van der Waals surface area contributed by atoms with E-state index in [9.17, 15) is 18.4 Å². The van der Waals surface area contributed by atoms with E-state index in [1.165, 1.54) is 35.2 Å². The molecule has 0 saturated heterocycles. The SMILES string of the molecule is O=C(O)CSCCNC(=O)c1ccc(-c2ccc(OC(F)F)cc2)s1. The zero-order valence-corrected chi connectivity index (χ0v) is 14.5. The lowest BCUT2D eigenvalue weighted by Crippen LogP contribution is -2.25. The Morgan fingerprint density at radius 1 is 1.20 bits per heavy atom. The van der Waals surface area contributed by atoms with E-state index in [1.807, 2.05) is 0 Å². The number of hydrogen-bond donors (Lipinski definition) is 2. The number of carboxylic acid groups (broad SMARTS) is 1. The van der Waals surface area contributed by atoms with Gasteiger partial charge in [0.15, 0.2) is 0 Å². The van der Waals surface area contributed by atoms with Gasteiger partial charge in [-0.3, -0.25) is 9.59 Å². The van der Waals surface area contributed by atoms with E-state index in [4.69, 9.17) is 5.11 Å². The minimum atomic E-state index is -2.86. The first-order chi connectivity index (χ1) is 12.0. The second-order valence-electron chi connectivity index (χ2n) is 4.77. The third-order valence-electron chi connectivity index (χ3n) is 2.95. The number of nitrogens with one attached hydrogen (secondary N) is 1. The number of amides is 1. The van der Waals surface area contributed by atoms with Crippen LogP contribution >= 0.6 is 23.1 Å². The molecule has 0 atom stereocenters. The highest BCUT2D eigenvalue weighted by atomic mass is 32.2. The zero-order chi connectivity index (χ0) is 18.2. The number of carbonyl (C=O) groups excluding carboxylic acids is 1. The summed E-state index contributed by atoms with van der Waals surface area (Å²) in [7, 11) is 0. The van der Waals surface area contributed by atoms with Crippen LogP contribution in [0.5, 0.6) is 5.75 Å². The number of carbonyl (C=O) groups is 2. The smallest absolute Gasteiger partial charge is 0.387 e. The number of thiophene rings is 1. The summed E-state index contributed by atoms with van der Waals surface area (Å²) in [5.74, 6) is -0.521. The molecular weight excluding hydrogens is 372 g/mol. The highest BCUT2D eigenvalue weighted by Gasteiger charge is 2.11. The largest absolute Gasteiger partial charge is 0.481 e. The van der Waals surface area contributed by atoms with Gasteiger partial charge in [-0.2, -0.15) is 8.78 Å². The summed E-state index contributed by atoms with van der Waals surface area (Å²) in [6, 6.07) is 9.65. The van der Waals surface area contributed by atoms with Crippen molar-refractivity contribution in [3.63, 3.8) is 0 Å². The minimum absolute atomic E-state index is 0.00426. The van der Waals surface area contributed by atoms with Crippen molar-refractivity contribution in [3.8, 4) is 16.2 Å². The molecule has 9 heteroatoms. The van der Waals surface area contributed by atoms with Gasteiger partial charge in [-0.25, -0.2) is 0 Å². The van der Waals surface area contributed by atoms with Crippen molar-refractivity contribution in [2.24, 2.45) is 0 Å². The number of hydrogen-bond acceptors (Lipinski definition) is 5. The van der Waals surface area contributed by atoms with Gasteiger partial charge < -0.3 is 15.2 Å². The quantitative estimate of drug-likeness (QED) is 0.644. The summed E-state index contributed by atoms with van der Waals surface area (Å²) in [5, 5.41) is 11.2. The van der Waals surface area contributed by atoms with Crippen LogP contribution in [0, 0.1) is 0 Å². The number of ether oxygens (including phenoxy) is 1. The van der Waals surface area contributed by atoms with Crippen LogP contribution in [0.2, 0.25) is 0 Å². The summed E-state index contributed by atoms with van der Waals surface area (Å²) in [5.41, 5.74) is 0.794. The van der Waals surface area contributed by atoms with Gasteiger partial charge in [-0.05, 0) is 42.0 Å². The van der Waals surface area contributed by atoms with Gasteiger partial charge in [0, 0.05) is 17.2 Å². The number of halogens is 2. The number of thioether (sulfide) groups is 1. The van der Waals surface area contributed by atoms with Crippen molar-refractivity contribution in [3.05, 3.63) is 41.3 Å². The highest BCUT2D eigenvalue weighted by molar-refractivity contribution is 7.99. The molecule has 2 N–H and O–H groups in total. The van der Waals surface area contributed by atoms with Crippen molar-refractivity contribution in [1.82, 2.24) is 5.32 Å². The molecule has 1 amide bonds. The molecule has 0 radical (unpaired) electrons. The summed E-state index contributed by atoms with van der Waals surface area (Å²) >= 11 is 2.51. The Morgan fingerprint density at radius 3 is 2.56 bits per heavy atom. The first-order valence-corrected chi connectivity index (χ1v) is 9.15. The average Bonchev–Trinajstić information content (AvgIpc) is 3.04. The van der Waals surface area contributed by atoms with Gasteiger partial charge in [0.2, 0.25) is 0 Å². The van der Waals surface area contributed by atoms with E-state index in [2.05, 4.69) is 10.1 Å². The van der Waals surface area contributed by atoms with E-state index >= 15 is 0 Å². The second kappa shape index (κ2) is 9.38. The Labute approximate surface area is 151 Å². The van der Waals surface area contributed by atoms with Crippen LogP contribution in [-0.2, 0) is 4.79 Å². The lowest BCUT2D eigenvalue weighted by Gasteiger charge is -2.04. The van der Waals surface area contributed by atoms with Gasteiger partial charge in [0.05, 0.1) is 10.6 Å². The van der Waals surface area contributed by atoms with E-state index in [0.29, 0.717) is 17.2 Å². The standard InChI is InChI=1S/C16H15F2NO4S2/c17-16(18)23-11-3-1-10(2-4-11)12-5-6-13(25-12)15(22)19-7-8-24-9-14(20)21/h1-6,16H,7-9H2,(H,19,22)(H,20,21). The Balaban J connectivity index is 1.88. The summed E-state index contributed by atoms with van der Waals surface area (Å²) in [6.45, 7) is -2.49. The molecule has 2 aromatic rings. The summed E-state index contributed by atoms with van der Waals surface area (Å²) < 4.78 is 28.6. The lowest BCUT2D eigenvalue weighted by molar-refractivity contribution is -0.133. The molecule has 0 unspecified atom stereocenters. The van der Waals surface area contributed by atoms with Crippen molar-refractivity contribution < 1.29 is 28.2 Å². The molecule has 2 rings (SSSR count). The van der Waals surface area contributed by atoms with E-state index in [-0.39, 0.29) is 17.4 Å². The van der Waals surface area contributed by atoms with Gasteiger partial charge in [-0.15, -0.1) is 23.1 Å². The molecule has 0 aliphatic rings. The normalized spacial score (nSPS) is 10.7. The molecular formula is C16H15F2NO4S2. The molecule has 0 saturated carbocycles. The van der Waals surface area contributed by atoms with E-state index in [0.717, 1.165) is 10.4 Å². The average molecular weight is 387 g/mol. The third-order valence-corrected chi connectivity index (χ3v) is 5.03. The second-order valence-corrected chi connectivity index (χ2v) is 6.96. The monoisotopic (exact) mass is 387 g/mol. The van der Waals surface area contributed by atoms with Crippen molar-refractivity contribution in [1.29, 1.82) is 0 Å². The molecule has 1 heterocycles. The Kier molecular flexibility index (Phi) is 7.20. The van der Waals surface area contributed by atoms with Gasteiger partial charge in [0.1, 0.15) is 5.75 Å². The summed E-state index contributed by atoms with van der Waals surface area (Å²) in [6.07, 6.45) is 0. The first kappa shape index (κ1) is 19.2. The molecule has 25 heavy (non-hydrogen) atoms. The molecule has 0 spiro atoms. The highest BCUT2D eigenvalue weighted by Crippen LogP contribution is 2.29. The fourth-order valence-corrected chi connectivity index (χ4v) is 3.39. The number of benzene rings is 1.